The summed E-state index contributed by atoms with van der Waals surface area (Å²) in [4.78, 5) is 0.391. The van der Waals surface area contributed by atoms with Gasteiger partial charge in [-0.1, -0.05) is 12.1 Å². The van der Waals surface area contributed by atoms with Crippen molar-refractivity contribution in [3.05, 3.63) is 29.8 Å². The summed E-state index contributed by atoms with van der Waals surface area (Å²) in [7, 11) is -3.37. The van der Waals surface area contributed by atoms with E-state index in [1.165, 1.54) is 25.7 Å². The summed E-state index contributed by atoms with van der Waals surface area (Å²) in [6.07, 6.45) is 4.66. The normalized spacial score (nSPS) is 19.5. The fourth-order valence-corrected chi connectivity index (χ4v) is 4.09. The van der Waals surface area contributed by atoms with E-state index in [0.29, 0.717) is 36.4 Å². The molecule has 0 bridgehead atoms. The highest BCUT2D eigenvalue weighted by Gasteiger charge is 2.35. The summed E-state index contributed by atoms with van der Waals surface area (Å²) in [5.41, 5.74) is 6.48. The maximum absolute atomic E-state index is 12.8. The van der Waals surface area contributed by atoms with Crippen molar-refractivity contribution in [1.82, 2.24) is 4.31 Å². The van der Waals surface area contributed by atoms with Crippen LogP contribution in [0.25, 0.3) is 0 Å². The molecule has 2 aliphatic carbocycles. The summed E-state index contributed by atoms with van der Waals surface area (Å²) >= 11 is 0. The first kappa shape index (κ1) is 14.0. The molecule has 2 N–H and O–H groups in total. The van der Waals surface area contributed by atoms with Crippen LogP contribution in [0.1, 0.15) is 31.2 Å². The summed E-state index contributed by atoms with van der Waals surface area (Å²) in [5, 5.41) is 0. The molecule has 0 amide bonds. The van der Waals surface area contributed by atoms with Crippen LogP contribution in [0.5, 0.6) is 0 Å². The largest absolute Gasteiger partial charge is 0.326 e. The lowest BCUT2D eigenvalue weighted by Crippen LogP contribution is -2.34. The van der Waals surface area contributed by atoms with Gasteiger partial charge in [0.05, 0.1) is 4.90 Å². The molecular formula is C15H22N2O2S. The molecule has 0 heterocycles. The molecule has 20 heavy (non-hydrogen) atoms. The topological polar surface area (TPSA) is 63.4 Å². The zero-order valence-corrected chi connectivity index (χ0v) is 12.5. The molecular weight excluding hydrogens is 272 g/mol. The van der Waals surface area contributed by atoms with Crippen LogP contribution in [0.2, 0.25) is 0 Å². The highest BCUT2D eigenvalue weighted by molar-refractivity contribution is 7.89. The van der Waals surface area contributed by atoms with Crippen molar-refractivity contribution in [2.24, 2.45) is 17.6 Å². The Morgan fingerprint density at radius 3 is 2.20 bits per heavy atom. The van der Waals surface area contributed by atoms with Crippen LogP contribution in [0.15, 0.2) is 29.2 Å². The van der Waals surface area contributed by atoms with Crippen molar-refractivity contribution in [2.45, 2.75) is 37.1 Å². The molecule has 1 aromatic rings. The highest BCUT2D eigenvalue weighted by atomic mass is 32.2. The third-order valence-electron chi connectivity index (χ3n) is 4.09. The van der Waals surface area contributed by atoms with E-state index in [1.54, 1.807) is 22.5 Å². The van der Waals surface area contributed by atoms with E-state index < -0.39 is 10.0 Å². The van der Waals surface area contributed by atoms with Gasteiger partial charge in [-0.15, -0.1) is 0 Å². The Hall–Kier alpha value is -0.910. The number of sulfonamides is 1. The van der Waals surface area contributed by atoms with Gasteiger partial charge in [-0.05, 0) is 55.2 Å². The van der Waals surface area contributed by atoms with E-state index in [1.807, 2.05) is 6.07 Å². The molecule has 0 aromatic heterocycles. The second-order valence-corrected chi connectivity index (χ2v) is 8.00. The molecule has 0 aliphatic heterocycles. The molecule has 3 rings (SSSR count). The molecule has 2 fully saturated rings. The minimum absolute atomic E-state index is 0.370. The van der Waals surface area contributed by atoms with Crippen molar-refractivity contribution in [1.29, 1.82) is 0 Å². The fraction of sp³-hybridized carbons (Fsp3) is 0.600. The molecule has 4 nitrogen and oxygen atoms in total. The number of benzene rings is 1. The van der Waals surface area contributed by atoms with E-state index in [-0.39, 0.29) is 0 Å². The molecule has 0 atom stereocenters. The van der Waals surface area contributed by atoms with Crippen molar-refractivity contribution < 1.29 is 8.42 Å². The Bertz CT molecular complexity index is 563. The van der Waals surface area contributed by atoms with E-state index in [0.717, 1.165) is 5.56 Å². The summed E-state index contributed by atoms with van der Waals surface area (Å²) in [5.74, 6) is 1.14. The predicted octanol–water partition coefficient (Wildman–Crippen LogP) is 1.96. The first-order valence-corrected chi connectivity index (χ1v) is 8.83. The third kappa shape index (κ3) is 3.22. The van der Waals surface area contributed by atoms with E-state index in [4.69, 9.17) is 5.73 Å². The maximum atomic E-state index is 12.8. The van der Waals surface area contributed by atoms with Gasteiger partial charge in [0.15, 0.2) is 0 Å². The van der Waals surface area contributed by atoms with Crippen LogP contribution in [0.3, 0.4) is 0 Å². The molecule has 0 saturated heterocycles. The molecule has 1 aromatic carbocycles. The molecule has 0 spiro atoms. The van der Waals surface area contributed by atoms with Crippen molar-refractivity contribution in [3.63, 3.8) is 0 Å². The van der Waals surface area contributed by atoms with Gasteiger partial charge in [0, 0.05) is 19.6 Å². The van der Waals surface area contributed by atoms with Crippen LogP contribution >= 0.6 is 0 Å². The van der Waals surface area contributed by atoms with Gasteiger partial charge in [-0.3, -0.25) is 0 Å². The zero-order chi connectivity index (χ0) is 14.2. The molecule has 0 radical (unpaired) electrons. The molecule has 110 valence electrons. The number of hydrogen-bond acceptors (Lipinski definition) is 3. The Morgan fingerprint density at radius 1 is 1.10 bits per heavy atom. The van der Waals surface area contributed by atoms with Crippen LogP contribution < -0.4 is 5.73 Å². The lowest BCUT2D eigenvalue weighted by atomic mass is 10.2. The Kier molecular flexibility index (Phi) is 3.84. The van der Waals surface area contributed by atoms with E-state index in [2.05, 4.69) is 0 Å². The predicted molar refractivity (Wildman–Crippen MR) is 78.5 cm³/mol. The second-order valence-electron chi connectivity index (χ2n) is 6.06. The zero-order valence-electron chi connectivity index (χ0n) is 11.7. The quantitative estimate of drug-likeness (QED) is 0.836. The molecule has 2 saturated carbocycles. The molecule has 0 unspecified atom stereocenters. The van der Waals surface area contributed by atoms with Crippen molar-refractivity contribution in [2.75, 3.05) is 13.1 Å². The summed E-state index contributed by atoms with van der Waals surface area (Å²) in [6.45, 7) is 1.74. The van der Waals surface area contributed by atoms with Gasteiger partial charge < -0.3 is 5.73 Å². The minimum Gasteiger partial charge on any atom is -0.326 e. The first-order valence-electron chi connectivity index (χ1n) is 7.39. The van der Waals surface area contributed by atoms with Gasteiger partial charge in [-0.25, -0.2) is 8.42 Å². The molecule has 5 heteroatoms. The average Bonchev–Trinajstić information content (AvgIpc) is 3.33. The lowest BCUT2D eigenvalue weighted by Gasteiger charge is -2.22. The van der Waals surface area contributed by atoms with Gasteiger partial charge in [0.1, 0.15) is 0 Å². The highest BCUT2D eigenvalue weighted by Crippen LogP contribution is 2.36. The van der Waals surface area contributed by atoms with Crippen LogP contribution in [0.4, 0.5) is 0 Å². The lowest BCUT2D eigenvalue weighted by molar-refractivity contribution is 0.382. The third-order valence-corrected chi connectivity index (χ3v) is 5.92. The van der Waals surface area contributed by atoms with E-state index >= 15 is 0 Å². The maximum Gasteiger partial charge on any atom is 0.243 e. The fourth-order valence-electron chi connectivity index (χ4n) is 2.43. The standard InChI is InChI=1S/C15H22N2O2S/c16-9-14-2-1-3-15(8-14)20(18,19)17(10-12-4-5-12)11-13-6-7-13/h1-3,8,12-13H,4-7,9-11,16H2. The summed E-state index contributed by atoms with van der Waals surface area (Å²) in [6, 6.07) is 7.04. The monoisotopic (exact) mass is 294 g/mol. The van der Waals surface area contributed by atoms with Crippen LogP contribution in [-0.2, 0) is 16.6 Å². The SMILES string of the molecule is NCc1cccc(S(=O)(=O)N(CC2CC2)CC2CC2)c1. The smallest absolute Gasteiger partial charge is 0.243 e. The number of nitrogens with zero attached hydrogens (tertiary/aromatic N) is 1. The summed E-state index contributed by atoms with van der Waals surface area (Å²) < 4.78 is 27.3. The molecule has 2 aliphatic rings. The minimum atomic E-state index is -3.37. The first-order chi connectivity index (χ1) is 9.59. The van der Waals surface area contributed by atoms with Gasteiger partial charge in [0.25, 0.3) is 0 Å². The van der Waals surface area contributed by atoms with Gasteiger partial charge >= 0.3 is 0 Å². The van der Waals surface area contributed by atoms with Gasteiger partial charge in [-0.2, -0.15) is 4.31 Å². The second kappa shape index (κ2) is 5.47. The van der Waals surface area contributed by atoms with Crippen LogP contribution in [0, 0.1) is 11.8 Å². The Morgan fingerprint density at radius 2 is 1.70 bits per heavy atom. The van der Waals surface area contributed by atoms with Gasteiger partial charge in [0.2, 0.25) is 10.0 Å². The number of rotatable bonds is 7. The van der Waals surface area contributed by atoms with Crippen LogP contribution in [-0.4, -0.2) is 25.8 Å². The Balaban J connectivity index is 1.84. The number of hydrogen-bond donors (Lipinski definition) is 1. The van der Waals surface area contributed by atoms with E-state index in [9.17, 15) is 8.42 Å². The average molecular weight is 294 g/mol. The van der Waals surface area contributed by atoms with Crippen molar-refractivity contribution >= 4 is 10.0 Å². The van der Waals surface area contributed by atoms with Crippen molar-refractivity contribution in [3.8, 4) is 0 Å². The number of nitrogens with two attached hydrogens (primary N) is 1. The Labute approximate surface area is 121 Å².